The highest BCUT2D eigenvalue weighted by atomic mass is 16.7. The van der Waals surface area contributed by atoms with Crippen LogP contribution in [0, 0.1) is 28.1 Å². The fourth-order valence-corrected chi connectivity index (χ4v) is 12.0. The van der Waals surface area contributed by atoms with Crippen molar-refractivity contribution in [2.24, 2.45) is 28.1 Å². The monoisotopic (exact) mass is 804 g/mol. The Balaban J connectivity index is 1.05. The minimum Gasteiger partial charge on any atom is -0.432 e. The van der Waals surface area contributed by atoms with Gasteiger partial charge in [0.1, 0.15) is 73.2 Å². The fourth-order valence-electron chi connectivity index (χ4n) is 12.0. The number of rotatable bonds is 9. The van der Waals surface area contributed by atoms with Gasteiger partial charge in [-0.3, -0.25) is 4.79 Å². The lowest BCUT2D eigenvalue weighted by Gasteiger charge is -2.64. The Morgan fingerprint density at radius 3 is 1.86 bits per heavy atom. The van der Waals surface area contributed by atoms with Crippen molar-refractivity contribution >= 4 is 5.97 Å². The quantitative estimate of drug-likeness (QED) is 0.0631. The van der Waals surface area contributed by atoms with E-state index < -0.39 is 129 Å². The van der Waals surface area contributed by atoms with Gasteiger partial charge in [0.25, 0.3) is 0 Å². The second kappa shape index (κ2) is 15.6. The van der Waals surface area contributed by atoms with Crippen molar-refractivity contribution in [3.63, 3.8) is 0 Å². The van der Waals surface area contributed by atoms with Gasteiger partial charge in [-0.15, -0.1) is 0 Å². The van der Waals surface area contributed by atoms with Gasteiger partial charge in [0, 0.05) is 0 Å². The maximum absolute atomic E-state index is 14.1. The van der Waals surface area contributed by atoms with Crippen molar-refractivity contribution in [3.8, 4) is 0 Å². The third-order valence-electron chi connectivity index (χ3n) is 15.0. The maximum Gasteiger partial charge on any atom is 0.314 e. The number of carbonyl (C=O) groups excluding carboxylic acids is 1. The Morgan fingerprint density at radius 1 is 0.679 bits per heavy atom. The van der Waals surface area contributed by atoms with E-state index in [1.54, 1.807) is 0 Å². The summed E-state index contributed by atoms with van der Waals surface area (Å²) in [5.41, 5.74) is -1.66. The van der Waals surface area contributed by atoms with E-state index in [0.29, 0.717) is 38.5 Å². The van der Waals surface area contributed by atoms with Crippen LogP contribution in [0.25, 0.3) is 0 Å². The summed E-state index contributed by atoms with van der Waals surface area (Å²) >= 11 is 0. The Morgan fingerprint density at radius 2 is 1.23 bits per heavy atom. The molecule has 0 aromatic carbocycles. The van der Waals surface area contributed by atoms with Crippen LogP contribution in [0.1, 0.15) is 71.6 Å². The van der Waals surface area contributed by atoms with Crippen LogP contribution in [0.4, 0.5) is 0 Å². The highest BCUT2D eigenvalue weighted by Crippen LogP contribution is 2.73. The molecule has 4 aliphatic carbocycles. The predicted molar refractivity (Wildman–Crippen MR) is 186 cm³/mol. The van der Waals surface area contributed by atoms with Crippen LogP contribution >= 0.6 is 0 Å². The molecule has 4 saturated carbocycles. The van der Waals surface area contributed by atoms with Gasteiger partial charge in [-0.1, -0.05) is 19.9 Å². The largest absolute Gasteiger partial charge is 0.432 e. The van der Waals surface area contributed by atoms with E-state index in [2.05, 4.69) is 13.5 Å². The third-order valence-corrected chi connectivity index (χ3v) is 15.0. The number of ether oxygens (including phenoxy) is 6. The standard InChI is InChI=1S/C38H60O18/c1-16-11-37-9-5-20-35(2,7-4-8-36(20,3)34(50)55-32-28(48)25(45)23(43)18(13-40)52-32)21(37)6-10-38(16,15-37)56-33-29(49)26(46)30(19(14-41)53-33)54-31-27(47)24(44)22(42)17(12-39)51-31/h17-33,39-49H,1,4-15H2,2-3H3/t17-,18-,19-,20+,21+,22-,23-,24+,25+,26-,27-,28-,29-,30-,31-,32+,33+,35-,36-,37-,38+/m1/s1. The zero-order valence-electron chi connectivity index (χ0n) is 31.8. The van der Waals surface area contributed by atoms with Crippen LogP contribution in [0.3, 0.4) is 0 Å². The van der Waals surface area contributed by atoms with E-state index in [-0.39, 0.29) is 22.7 Å². The average Bonchev–Trinajstić information content (AvgIpc) is 3.37. The molecule has 0 amide bonds. The van der Waals surface area contributed by atoms with Gasteiger partial charge < -0.3 is 84.6 Å². The first-order chi connectivity index (χ1) is 26.4. The molecule has 0 aromatic rings. The van der Waals surface area contributed by atoms with Gasteiger partial charge in [-0.05, 0) is 86.5 Å². The predicted octanol–water partition coefficient (Wildman–Crippen LogP) is -2.94. The van der Waals surface area contributed by atoms with Crippen LogP contribution in [0.2, 0.25) is 0 Å². The molecule has 7 rings (SSSR count). The summed E-state index contributed by atoms with van der Waals surface area (Å²) in [6.07, 6.45) is -17.5. The summed E-state index contributed by atoms with van der Waals surface area (Å²) in [5.74, 6) is -0.537. The Kier molecular flexibility index (Phi) is 11.9. The molecule has 18 heteroatoms. The lowest BCUT2D eigenvalue weighted by molar-refractivity contribution is -0.368. The Hall–Kier alpha value is -1.43. The SMILES string of the molecule is C=C1C[C@@]23CC[C@H]4[C@@](C)(CCC[C@@]4(C)C(=O)O[C@@H]4O[C@H](CO)[C@@H](O)[C@H](O)[C@H]4O)[C@@H]2CC[C@]1(O[C@@H]1O[C@H](CO)[C@@H](O[C@H]2O[C@H](CO)[C@@H](O)[C@H](O)[C@H]2O)[C@H](O)[C@H]1O)C3. The van der Waals surface area contributed by atoms with Crippen LogP contribution in [-0.2, 0) is 33.2 Å². The van der Waals surface area contributed by atoms with E-state index in [1.165, 1.54) is 0 Å². The molecule has 2 bridgehead atoms. The topological polar surface area (TPSA) is 295 Å². The molecule has 0 unspecified atom stereocenters. The molecule has 56 heavy (non-hydrogen) atoms. The Bertz CT molecular complexity index is 1450. The molecule has 1 spiro atoms. The molecule has 0 radical (unpaired) electrons. The summed E-state index contributed by atoms with van der Waals surface area (Å²) in [6.45, 7) is 6.50. The molecule has 18 nitrogen and oxygen atoms in total. The summed E-state index contributed by atoms with van der Waals surface area (Å²) in [6, 6.07) is 0. The van der Waals surface area contributed by atoms with E-state index in [0.717, 1.165) is 24.8 Å². The van der Waals surface area contributed by atoms with Crippen LogP contribution in [0.5, 0.6) is 0 Å². The number of carbonyl (C=O) groups is 1. The van der Waals surface area contributed by atoms with Crippen molar-refractivity contribution in [2.75, 3.05) is 19.8 Å². The first-order valence-corrected chi connectivity index (χ1v) is 19.9. The number of hydrogen-bond acceptors (Lipinski definition) is 18. The van der Waals surface area contributed by atoms with Crippen LogP contribution in [0.15, 0.2) is 12.2 Å². The zero-order valence-corrected chi connectivity index (χ0v) is 31.8. The van der Waals surface area contributed by atoms with E-state index >= 15 is 0 Å². The smallest absolute Gasteiger partial charge is 0.314 e. The van der Waals surface area contributed by atoms with Gasteiger partial charge >= 0.3 is 5.97 Å². The van der Waals surface area contributed by atoms with Crippen molar-refractivity contribution in [3.05, 3.63) is 12.2 Å². The maximum atomic E-state index is 14.1. The van der Waals surface area contributed by atoms with Gasteiger partial charge in [0.05, 0.1) is 30.8 Å². The number of hydrogen-bond donors (Lipinski definition) is 11. The van der Waals surface area contributed by atoms with Crippen molar-refractivity contribution in [2.45, 2.75) is 169 Å². The first kappa shape index (κ1) is 42.7. The molecule has 3 aliphatic heterocycles. The normalized spacial score (nSPS) is 54.6. The van der Waals surface area contributed by atoms with Crippen molar-refractivity contribution in [1.82, 2.24) is 0 Å². The second-order valence-corrected chi connectivity index (χ2v) is 18.0. The highest BCUT2D eigenvalue weighted by molar-refractivity contribution is 5.77. The molecule has 320 valence electrons. The molecule has 11 N–H and O–H groups in total. The van der Waals surface area contributed by atoms with Gasteiger partial charge in [0.2, 0.25) is 6.29 Å². The van der Waals surface area contributed by atoms with Gasteiger partial charge in [-0.2, -0.15) is 0 Å². The molecule has 7 aliphatic rings. The van der Waals surface area contributed by atoms with E-state index in [9.17, 15) is 61.0 Å². The first-order valence-electron chi connectivity index (χ1n) is 19.9. The minimum atomic E-state index is -1.79. The number of esters is 1. The molecular formula is C38H60O18. The molecule has 3 heterocycles. The molecule has 21 atom stereocenters. The lowest BCUT2D eigenvalue weighted by Crippen LogP contribution is -2.65. The fraction of sp³-hybridized carbons (Fsp3) is 0.921. The second-order valence-electron chi connectivity index (χ2n) is 18.0. The molecule has 0 aromatic heterocycles. The van der Waals surface area contributed by atoms with Crippen LogP contribution in [-0.4, -0.2) is 180 Å². The molecular weight excluding hydrogens is 744 g/mol. The molecule has 3 saturated heterocycles. The lowest BCUT2D eigenvalue weighted by atomic mass is 9.41. The summed E-state index contributed by atoms with van der Waals surface area (Å²) in [7, 11) is 0. The average molecular weight is 805 g/mol. The zero-order chi connectivity index (χ0) is 40.7. The van der Waals surface area contributed by atoms with E-state index in [1.807, 2.05) is 6.92 Å². The number of fused-ring (bicyclic) bond motifs is 3. The van der Waals surface area contributed by atoms with Gasteiger partial charge in [0.15, 0.2) is 12.6 Å². The summed E-state index contributed by atoms with van der Waals surface area (Å²) in [4.78, 5) is 14.1. The number of aliphatic hydroxyl groups is 11. The third kappa shape index (κ3) is 6.69. The van der Waals surface area contributed by atoms with E-state index in [4.69, 9.17) is 28.4 Å². The Labute approximate surface area is 324 Å². The minimum absolute atomic E-state index is 0.108. The molecule has 7 fully saturated rings. The van der Waals surface area contributed by atoms with Gasteiger partial charge in [-0.25, -0.2) is 0 Å². The van der Waals surface area contributed by atoms with Crippen molar-refractivity contribution in [1.29, 1.82) is 0 Å². The number of aliphatic hydroxyl groups excluding tert-OH is 11. The summed E-state index contributed by atoms with van der Waals surface area (Å²) in [5, 5.41) is 114. The highest BCUT2D eigenvalue weighted by Gasteiger charge is 2.69. The van der Waals surface area contributed by atoms with Crippen molar-refractivity contribution < 1.29 is 89.4 Å². The van der Waals surface area contributed by atoms with Crippen LogP contribution < -0.4 is 0 Å². The summed E-state index contributed by atoms with van der Waals surface area (Å²) < 4.78 is 35.1.